The molecule has 0 aliphatic heterocycles. The monoisotopic (exact) mass is 1030 g/mol. The second-order valence-electron chi connectivity index (χ2n) is 15.2. The van der Waals surface area contributed by atoms with Gasteiger partial charge in [0.1, 0.15) is 0 Å². The molecule has 0 aliphatic rings. The fourth-order valence-corrected chi connectivity index (χ4v) is 4.08. The largest absolute Gasteiger partial charge is 0.396 e. The predicted molar refractivity (Wildman–Crippen MR) is 266 cm³/mol. The third kappa shape index (κ3) is 84.0. The topological polar surface area (TPSA) is 258 Å². The van der Waals surface area contributed by atoms with Gasteiger partial charge in [0.15, 0.2) is 0 Å². The summed E-state index contributed by atoms with van der Waals surface area (Å²) in [4.78, 5) is 0. The van der Waals surface area contributed by atoms with Crippen LogP contribution >= 0.6 is 0 Å². The van der Waals surface area contributed by atoms with E-state index in [1.165, 1.54) is 0 Å². The van der Waals surface area contributed by atoms with Crippen LogP contribution in [0.5, 0.6) is 0 Å². The van der Waals surface area contributed by atoms with Crippen LogP contribution in [-0.4, -0.2) is 283 Å². The number of methoxy groups -OCH3 is 5. The number of aliphatic hydroxyl groups excluding tert-OH is 5. The Morgan fingerprint density at radius 1 is 0.286 bits per heavy atom. The molecule has 70 heavy (non-hydrogen) atoms. The van der Waals surface area contributed by atoms with E-state index in [1.54, 1.807) is 49.4 Å². The van der Waals surface area contributed by atoms with Crippen molar-refractivity contribution in [1.29, 1.82) is 0 Å². The van der Waals surface area contributed by atoms with Crippen molar-refractivity contribution in [3.63, 3.8) is 0 Å². The van der Waals surface area contributed by atoms with E-state index in [0.29, 0.717) is 171 Å². The van der Waals surface area contributed by atoms with E-state index in [4.69, 9.17) is 106 Å². The Kier molecular flexibility index (Phi) is 80.7. The van der Waals surface area contributed by atoms with E-state index in [-0.39, 0.29) is 56.9 Å². The first-order chi connectivity index (χ1) is 33.9. The van der Waals surface area contributed by atoms with Gasteiger partial charge < -0.3 is 106 Å². The minimum absolute atomic E-state index is 0.0170. The molecule has 0 heterocycles. The molecule has 0 saturated carbocycles. The molecule has 6 unspecified atom stereocenters. The maximum absolute atomic E-state index is 8.92. The van der Waals surface area contributed by atoms with Crippen molar-refractivity contribution in [1.82, 2.24) is 0 Å². The summed E-state index contributed by atoms with van der Waals surface area (Å²) < 4.78 is 87.4. The van der Waals surface area contributed by atoms with Crippen molar-refractivity contribution in [3.8, 4) is 0 Å². The van der Waals surface area contributed by atoms with Crippen LogP contribution in [0.2, 0.25) is 0 Å². The molecule has 22 nitrogen and oxygen atoms in total. The zero-order valence-corrected chi connectivity index (χ0v) is 45.6. The first-order valence-electron chi connectivity index (χ1n) is 24.6. The molecule has 0 spiro atoms. The zero-order valence-electron chi connectivity index (χ0n) is 45.6. The summed E-state index contributed by atoms with van der Waals surface area (Å²) in [6.45, 7) is 25.5. The molecule has 430 valence electrons. The Morgan fingerprint density at radius 3 is 0.900 bits per heavy atom. The summed E-state index contributed by atoms with van der Waals surface area (Å²) in [6, 6.07) is 0. The summed E-state index contributed by atoms with van der Waals surface area (Å²) in [5.74, 6) is 0. The van der Waals surface area contributed by atoms with Gasteiger partial charge in [-0.1, -0.05) is 0 Å². The van der Waals surface area contributed by atoms with Gasteiger partial charge in [0, 0.05) is 75.2 Å². The number of rotatable bonds is 49. The smallest absolute Gasteiger partial charge is 0.0781 e. The fourth-order valence-electron chi connectivity index (χ4n) is 4.08. The molecule has 0 aromatic rings. The summed E-state index contributed by atoms with van der Waals surface area (Å²) in [5, 5.41) is 42.8. The minimum atomic E-state index is -0.447. The Hall–Kier alpha value is -0.880. The third-order valence-corrected chi connectivity index (χ3v) is 8.02. The number of hydrogen-bond donors (Lipinski definition) is 5. The van der Waals surface area contributed by atoms with E-state index >= 15 is 0 Å². The summed E-state index contributed by atoms with van der Waals surface area (Å²) in [5.41, 5.74) is 0. The molecule has 0 aliphatic carbocycles. The van der Waals surface area contributed by atoms with E-state index in [1.807, 2.05) is 27.7 Å². The van der Waals surface area contributed by atoms with Gasteiger partial charge in [0.2, 0.25) is 0 Å². The standard InChI is InChI=1S/C11H24O4.C10H22O5.C9H20O5.2C9H20O4/c1-9(13-5)7-14-11(3)8-15-10(2)6-12-4;1-11-3-5-13-7-9-15-10-8-14-6-4-12-2;1-11-4-5-13-8-9-14-7-6-12-3-2-10;1-7(11)5-12-9(3)6-13-8(2)4-10;10-4-1-6-12-8-3-9-13-7-2-5-11/h9-11H,6-8H2,1-5H3;3-10H2,1-2H3;10H,2-9H2,1H3;7-11H,4-6H2,1-3H3;10-11H,1-9H2. The lowest BCUT2D eigenvalue weighted by molar-refractivity contribution is -0.0709. The zero-order chi connectivity index (χ0) is 53.4. The van der Waals surface area contributed by atoms with E-state index in [0.717, 1.165) is 6.42 Å². The molecule has 0 fully saturated rings. The predicted octanol–water partition coefficient (Wildman–Crippen LogP) is 1.83. The van der Waals surface area contributed by atoms with Crippen molar-refractivity contribution in [2.45, 2.75) is 97.4 Å². The maximum Gasteiger partial charge on any atom is 0.0781 e. The molecule has 22 heteroatoms. The molecule has 5 N–H and O–H groups in total. The second-order valence-corrected chi connectivity index (χ2v) is 15.2. The van der Waals surface area contributed by atoms with Gasteiger partial charge in [-0.25, -0.2) is 0 Å². The highest BCUT2D eigenvalue weighted by atomic mass is 16.6. The first-order valence-corrected chi connectivity index (χ1v) is 24.6. The van der Waals surface area contributed by atoms with Crippen molar-refractivity contribution in [3.05, 3.63) is 0 Å². The molecule has 0 radical (unpaired) electrons. The van der Waals surface area contributed by atoms with Crippen molar-refractivity contribution in [2.75, 3.05) is 221 Å². The Balaban J connectivity index is -0.000000252. The first kappa shape index (κ1) is 78.0. The van der Waals surface area contributed by atoms with Crippen LogP contribution in [0.25, 0.3) is 0 Å². The average molecular weight is 1040 g/mol. The van der Waals surface area contributed by atoms with Gasteiger partial charge in [0.05, 0.1) is 182 Å². The molecule has 0 aromatic heterocycles. The van der Waals surface area contributed by atoms with Crippen LogP contribution in [0.15, 0.2) is 0 Å². The van der Waals surface area contributed by atoms with Gasteiger partial charge in [-0.05, 0) is 60.8 Å². The molecule has 0 rings (SSSR count). The summed E-state index contributed by atoms with van der Waals surface area (Å²) >= 11 is 0. The molecule has 0 saturated heterocycles. The van der Waals surface area contributed by atoms with Crippen LogP contribution in [0, 0.1) is 0 Å². The lowest BCUT2D eigenvalue weighted by Gasteiger charge is -2.18. The normalized spacial score (nSPS) is 13.5. The van der Waals surface area contributed by atoms with E-state index < -0.39 is 6.10 Å². The second kappa shape index (κ2) is 72.4. The Labute approximate surface area is 423 Å². The minimum Gasteiger partial charge on any atom is -0.396 e. The highest BCUT2D eigenvalue weighted by Crippen LogP contribution is 2.00. The van der Waals surface area contributed by atoms with Crippen molar-refractivity contribution in [2.24, 2.45) is 0 Å². The van der Waals surface area contributed by atoms with Gasteiger partial charge >= 0.3 is 0 Å². The highest BCUT2D eigenvalue weighted by molar-refractivity contribution is 4.55. The third-order valence-electron chi connectivity index (χ3n) is 8.02. The van der Waals surface area contributed by atoms with Gasteiger partial charge in [-0.15, -0.1) is 0 Å². The van der Waals surface area contributed by atoms with Crippen LogP contribution in [0.1, 0.15) is 60.8 Å². The van der Waals surface area contributed by atoms with Crippen LogP contribution < -0.4 is 0 Å². The molecular formula is C48H106O22. The maximum atomic E-state index is 8.92. The molecular weight excluding hydrogens is 929 g/mol. The molecule has 6 atom stereocenters. The summed E-state index contributed by atoms with van der Waals surface area (Å²) in [6.07, 6.45) is 1.94. The number of aliphatic hydroxyl groups is 5. The van der Waals surface area contributed by atoms with Gasteiger partial charge in [-0.3, -0.25) is 0 Å². The molecule has 0 amide bonds. The Bertz CT molecular complexity index is 825. The van der Waals surface area contributed by atoms with Crippen LogP contribution in [0.4, 0.5) is 0 Å². The molecule has 0 bridgehead atoms. The quantitative estimate of drug-likeness (QED) is 0.0545. The van der Waals surface area contributed by atoms with Crippen molar-refractivity contribution < 1.29 is 106 Å². The number of ether oxygens (including phenoxy) is 17. The Morgan fingerprint density at radius 2 is 0.586 bits per heavy atom. The van der Waals surface area contributed by atoms with Gasteiger partial charge in [0.25, 0.3) is 0 Å². The fraction of sp³-hybridized carbons (Fsp3) is 1.00. The SMILES string of the molecule is CC(O)COC(C)COC(C)CO.COCC(C)OCC(C)OCC(C)OC.COCCOCCOCCOCCO.COCCOCCOCCOCCOC.OCCCOCCCOCCCO. The van der Waals surface area contributed by atoms with Crippen LogP contribution in [-0.2, 0) is 80.5 Å². The average Bonchev–Trinajstić information content (AvgIpc) is 3.36. The van der Waals surface area contributed by atoms with Crippen LogP contribution in [0.3, 0.4) is 0 Å². The summed E-state index contributed by atoms with van der Waals surface area (Å²) in [7, 11) is 8.28. The van der Waals surface area contributed by atoms with E-state index in [9.17, 15) is 0 Å². The molecule has 0 aromatic carbocycles. The lowest BCUT2D eigenvalue weighted by Crippen LogP contribution is -2.26. The lowest BCUT2D eigenvalue weighted by atomic mass is 10.4. The van der Waals surface area contributed by atoms with E-state index in [2.05, 4.69) is 0 Å². The number of hydrogen-bond acceptors (Lipinski definition) is 22. The highest BCUT2D eigenvalue weighted by Gasteiger charge is 2.09. The van der Waals surface area contributed by atoms with Gasteiger partial charge in [-0.2, -0.15) is 0 Å². The van der Waals surface area contributed by atoms with Crippen molar-refractivity contribution >= 4 is 0 Å².